The maximum Gasteiger partial charge on any atom is 0.415 e. The van der Waals surface area contributed by atoms with E-state index in [2.05, 4.69) is 18.5 Å². The molecule has 2 rings (SSSR count). The van der Waals surface area contributed by atoms with Crippen LogP contribution in [0.1, 0.15) is 51.4 Å². The highest BCUT2D eigenvalue weighted by Gasteiger charge is 2.27. The van der Waals surface area contributed by atoms with Crippen LogP contribution >= 0.6 is 0 Å². The van der Waals surface area contributed by atoms with Crippen LogP contribution in [0.3, 0.4) is 0 Å². The summed E-state index contributed by atoms with van der Waals surface area (Å²) in [6, 6.07) is 3.04. The summed E-state index contributed by atoms with van der Waals surface area (Å²) in [5, 5.41) is 0. The third-order valence-electron chi connectivity index (χ3n) is 5.84. The topological polar surface area (TPSA) is 32.8 Å². The first-order valence-corrected chi connectivity index (χ1v) is 10.6. The lowest BCUT2D eigenvalue weighted by molar-refractivity contribution is 0.122. The Kier molecular flexibility index (Phi) is 9.58. The molecule has 6 heteroatoms. The fourth-order valence-corrected chi connectivity index (χ4v) is 4.00. The van der Waals surface area contributed by atoms with Crippen LogP contribution in [0.2, 0.25) is 0 Å². The third-order valence-corrected chi connectivity index (χ3v) is 5.84. The van der Waals surface area contributed by atoms with Crippen LogP contribution in [-0.4, -0.2) is 49.1 Å². The SMILES string of the molecule is C=CCN(C)CCCCC[C@H]1CC[C@H](N(C)C(=O)Oc2ccc(F)cc2F)CC1. The summed E-state index contributed by atoms with van der Waals surface area (Å²) in [5.41, 5.74) is 0. The monoisotopic (exact) mass is 408 g/mol. The van der Waals surface area contributed by atoms with Gasteiger partial charge in [-0.15, -0.1) is 6.58 Å². The van der Waals surface area contributed by atoms with Crippen LogP contribution in [0.25, 0.3) is 0 Å². The normalized spacial score (nSPS) is 19.2. The molecule has 1 fully saturated rings. The number of hydrogen-bond donors (Lipinski definition) is 0. The number of nitrogens with zero attached hydrogens (tertiary/aromatic N) is 2. The second-order valence-corrected chi connectivity index (χ2v) is 8.13. The van der Waals surface area contributed by atoms with E-state index in [1.54, 1.807) is 11.9 Å². The summed E-state index contributed by atoms with van der Waals surface area (Å²) in [6.07, 6.45) is 10.4. The van der Waals surface area contributed by atoms with Gasteiger partial charge in [-0.25, -0.2) is 13.6 Å². The summed E-state index contributed by atoms with van der Waals surface area (Å²) >= 11 is 0. The minimum atomic E-state index is -0.869. The largest absolute Gasteiger partial charge is 0.415 e. The predicted octanol–water partition coefficient (Wildman–Crippen LogP) is 5.63. The van der Waals surface area contributed by atoms with E-state index >= 15 is 0 Å². The Bertz CT molecular complexity index is 660. The highest BCUT2D eigenvalue weighted by molar-refractivity contribution is 5.70. The molecular formula is C23H34F2N2O2. The zero-order chi connectivity index (χ0) is 21.2. The summed E-state index contributed by atoms with van der Waals surface area (Å²) in [5.74, 6) is -1.09. The Morgan fingerprint density at radius 3 is 2.55 bits per heavy atom. The highest BCUT2D eigenvalue weighted by atomic mass is 19.1. The lowest BCUT2D eigenvalue weighted by Crippen LogP contribution is -2.41. The molecule has 0 atom stereocenters. The van der Waals surface area contributed by atoms with Gasteiger partial charge in [-0.05, 0) is 63.7 Å². The number of ether oxygens (including phenoxy) is 1. The second kappa shape index (κ2) is 11.9. The minimum absolute atomic E-state index is 0.106. The van der Waals surface area contributed by atoms with E-state index in [1.165, 1.54) is 25.7 Å². The zero-order valence-electron chi connectivity index (χ0n) is 17.7. The van der Waals surface area contributed by atoms with E-state index in [9.17, 15) is 13.6 Å². The quantitative estimate of drug-likeness (QED) is 0.371. The lowest BCUT2D eigenvalue weighted by atomic mass is 9.82. The third kappa shape index (κ3) is 7.77. The molecule has 4 nitrogen and oxygen atoms in total. The Morgan fingerprint density at radius 1 is 1.17 bits per heavy atom. The fraction of sp³-hybridized carbons (Fsp3) is 0.609. The van der Waals surface area contributed by atoms with Gasteiger partial charge in [0.05, 0.1) is 0 Å². The summed E-state index contributed by atoms with van der Waals surface area (Å²) < 4.78 is 31.8. The van der Waals surface area contributed by atoms with Gasteiger partial charge in [0, 0.05) is 25.7 Å². The average Bonchev–Trinajstić information content (AvgIpc) is 2.70. The van der Waals surface area contributed by atoms with E-state index in [4.69, 9.17) is 4.74 Å². The van der Waals surface area contributed by atoms with Gasteiger partial charge in [0.1, 0.15) is 5.82 Å². The van der Waals surface area contributed by atoms with Gasteiger partial charge in [0.15, 0.2) is 11.6 Å². The Morgan fingerprint density at radius 2 is 1.90 bits per heavy atom. The molecule has 0 N–H and O–H groups in total. The fourth-order valence-electron chi connectivity index (χ4n) is 4.00. The van der Waals surface area contributed by atoms with Crippen molar-refractivity contribution in [2.24, 2.45) is 5.92 Å². The van der Waals surface area contributed by atoms with Crippen molar-refractivity contribution in [3.63, 3.8) is 0 Å². The number of benzene rings is 1. The Hall–Kier alpha value is -1.95. The molecule has 0 aliphatic heterocycles. The smallest absolute Gasteiger partial charge is 0.407 e. The van der Waals surface area contributed by atoms with Crippen molar-refractivity contribution in [2.45, 2.75) is 57.4 Å². The molecule has 0 aromatic heterocycles. The van der Waals surface area contributed by atoms with Crippen molar-refractivity contribution in [3.8, 4) is 5.75 Å². The molecule has 1 amide bonds. The van der Waals surface area contributed by atoms with Crippen molar-refractivity contribution in [2.75, 3.05) is 27.2 Å². The molecule has 1 aliphatic rings. The van der Waals surface area contributed by atoms with Gasteiger partial charge in [-0.2, -0.15) is 0 Å². The van der Waals surface area contributed by atoms with E-state index in [0.717, 1.165) is 56.8 Å². The van der Waals surface area contributed by atoms with Crippen molar-refractivity contribution < 1.29 is 18.3 Å². The summed E-state index contributed by atoms with van der Waals surface area (Å²) in [4.78, 5) is 16.1. The van der Waals surface area contributed by atoms with Crippen LogP contribution in [0.15, 0.2) is 30.9 Å². The van der Waals surface area contributed by atoms with E-state index in [1.807, 2.05) is 6.08 Å². The zero-order valence-corrected chi connectivity index (χ0v) is 17.7. The first-order valence-electron chi connectivity index (χ1n) is 10.6. The Labute approximate surface area is 173 Å². The van der Waals surface area contributed by atoms with Gasteiger partial charge in [0.25, 0.3) is 0 Å². The molecule has 1 aromatic carbocycles. The molecule has 0 heterocycles. The molecule has 1 saturated carbocycles. The van der Waals surface area contributed by atoms with Crippen LogP contribution in [0.5, 0.6) is 5.75 Å². The molecule has 29 heavy (non-hydrogen) atoms. The number of likely N-dealkylation sites (N-methyl/N-ethyl adjacent to an activating group) is 1. The number of halogens is 2. The van der Waals surface area contributed by atoms with E-state index in [0.29, 0.717) is 6.07 Å². The molecule has 1 aliphatic carbocycles. The molecule has 0 spiro atoms. The summed E-state index contributed by atoms with van der Waals surface area (Å²) in [6.45, 7) is 5.81. The van der Waals surface area contributed by atoms with Crippen LogP contribution in [0, 0.1) is 17.6 Å². The number of carbonyl (C=O) groups is 1. The molecule has 0 bridgehead atoms. The number of carbonyl (C=O) groups excluding carboxylic acids is 1. The van der Waals surface area contributed by atoms with E-state index < -0.39 is 17.7 Å². The molecule has 1 aromatic rings. The number of unbranched alkanes of at least 4 members (excludes halogenated alkanes) is 2. The van der Waals surface area contributed by atoms with Gasteiger partial charge in [0.2, 0.25) is 0 Å². The van der Waals surface area contributed by atoms with Gasteiger partial charge < -0.3 is 14.5 Å². The maximum absolute atomic E-state index is 13.7. The first-order chi connectivity index (χ1) is 13.9. The van der Waals surface area contributed by atoms with E-state index in [-0.39, 0.29) is 11.8 Å². The van der Waals surface area contributed by atoms with Crippen LogP contribution in [-0.2, 0) is 0 Å². The van der Waals surface area contributed by atoms with Crippen molar-refractivity contribution in [3.05, 3.63) is 42.5 Å². The summed E-state index contributed by atoms with van der Waals surface area (Å²) in [7, 11) is 3.81. The van der Waals surface area contributed by atoms with Gasteiger partial charge >= 0.3 is 6.09 Å². The number of hydrogen-bond acceptors (Lipinski definition) is 3. The number of rotatable bonds is 10. The van der Waals surface area contributed by atoms with Crippen molar-refractivity contribution in [1.29, 1.82) is 0 Å². The van der Waals surface area contributed by atoms with Crippen LogP contribution < -0.4 is 4.74 Å². The second-order valence-electron chi connectivity index (χ2n) is 8.13. The lowest BCUT2D eigenvalue weighted by Gasteiger charge is -2.34. The first kappa shape index (κ1) is 23.3. The highest BCUT2D eigenvalue weighted by Crippen LogP contribution is 2.31. The van der Waals surface area contributed by atoms with Crippen molar-refractivity contribution >= 4 is 6.09 Å². The number of amides is 1. The average molecular weight is 409 g/mol. The predicted molar refractivity (Wildman–Crippen MR) is 112 cm³/mol. The van der Waals surface area contributed by atoms with Crippen LogP contribution in [0.4, 0.5) is 13.6 Å². The Balaban J connectivity index is 1.66. The van der Waals surface area contributed by atoms with Crippen molar-refractivity contribution in [1.82, 2.24) is 9.80 Å². The molecule has 162 valence electrons. The maximum atomic E-state index is 13.7. The standard InChI is InChI=1S/C23H34F2N2O2/c1-4-15-26(2)16-7-5-6-8-18-9-12-20(13-10-18)27(3)23(28)29-22-14-11-19(24)17-21(22)25/h4,11,14,17-18,20H,1,5-10,12-13,15-16H2,2-3H3/t18-,20-. The minimum Gasteiger partial charge on any atom is -0.407 e. The molecule has 0 radical (unpaired) electrons. The van der Waals surface area contributed by atoms with Gasteiger partial charge in [-0.1, -0.05) is 25.3 Å². The molecule has 0 unspecified atom stereocenters. The molecular weight excluding hydrogens is 374 g/mol. The molecule has 0 saturated heterocycles. The van der Waals surface area contributed by atoms with Gasteiger partial charge in [-0.3, -0.25) is 0 Å².